The molecule has 0 bridgehead atoms. The molecule has 0 unspecified atom stereocenters. The maximum atomic E-state index is 6.24. The van der Waals surface area contributed by atoms with Gasteiger partial charge in [0, 0.05) is 17.2 Å². The average Bonchev–Trinajstić information content (AvgIpc) is 2.81. The minimum atomic E-state index is 0.527. The number of hydrogen-bond donors (Lipinski definition) is 0. The van der Waals surface area contributed by atoms with Gasteiger partial charge in [0.1, 0.15) is 10.9 Å². The van der Waals surface area contributed by atoms with Gasteiger partial charge in [-0.25, -0.2) is 9.50 Å². The van der Waals surface area contributed by atoms with Crippen molar-refractivity contribution in [1.82, 2.24) is 14.6 Å². The maximum absolute atomic E-state index is 6.24. The van der Waals surface area contributed by atoms with Gasteiger partial charge < -0.3 is 4.74 Å². The molecule has 96 valence electrons. The van der Waals surface area contributed by atoms with E-state index >= 15 is 0 Å². The van der Waals surface area contributed by atoms with Crippen molar-refractivity contribution in [3.8, 4) is 17.0 Å². The molecule has 0 radical (unpaired) electrons. The van der Waals surface area contributed by atoms with Gasteiger partial charge in [-0.15, -0.1) is 0 Å². The lowest BCUT2D eigenvalue weighted by molar-refractivity contribution is 0.416. The molecule has 19 heavy (non-hydrogen) atoms. The third-order valence-electron chi connectivity index (χ3n) is 2.99. The number of benzene rings is 1. The van der Waals surface area contributed by atoms with Crippen LogP contribution in [0.15, 0.2) is 36.5 Å². The largest absolute Gasteiger partial charge is 0.496 e. The van der Waals surface area contributed by atoms with Gasteiger partial charge in [0.25, 0.3) is 0 Å². The number of aromatic nitrogens is 3. The molecule has 0 atom stereocenters. The van der Waals surface area contributed by atoms with E-state index in [1.807, 2.05) is 31.2 Å². The van der Waals surface area contributed by atoms with Crippen LogP contribution < -0.4 is 4.74 Å². The fraction of sp³-hybridized carbons (Fsp3) is 0.143. The number of rotatable bonds is 2. The minimum Gasteiger partial charge on any atom is -0.496 e. The van der Waals surface area contributed by atoms with Crippen LogP contribution in [0.4, 0.5) is 0 Å². The van der Waals surface area contributed by atoms with Gasteiger partial charge in [0.15, 0.2) is 5.65 Å². The molecule has 4 nitrogen and oxygen atoms in total. The van der Waals surface area contributed by atoms with Crippen molar-refractivity contribution in [2.24, 2.45) is 0 Å². The monoisotopic (exact) mass is 273 g/mol. The number of fused-ring (bicyclic) bond motifs is 1. The molecule has 0 aliphatic carbocycles. The van der Waals surface area contributed by atoms with Gasteiger partial charge in [0.05, 0.1) is 19.0 Å². The van der Waals surface area contributed by atoms with Crippen LogP contribution in [-0.2, 0) is 0 Å². The Morgan fingerprint density at radius 3 is 2.84 bits per heavy atom. The second-order valence-electron chi connectivity index (χ2n) is 4.23. The SMILES string of the molecule is COc1ccccc1-c1cc(Cl)n2ncc(C)c2n1. The van der Waals surface area contributed by atoms with Crippen LogP contribution in [-0.4, -0.2) is 21.7 Å². The average molecular weight is 274 g/mol. The smallest absolute Gasteiger partial charge is 0.160 e. The lowest BCUT2D eigenvalue weighted by atomic mass is 10.1. The molecule has 0 spiro atoms. The van der Waals surface area contributed by atoms with E-state index in [0.29, 0.717) is 5.15 Å². The predicted molar refractivity (Wildman–Crippen MR) is 74.7 cm³/mol. The molecule has 3 aromatic rings. The third kappa shape index (κ3) is 1.94. The van der Waals surface area contributed by atoms with Crippen LogP contribution >= 0.6 is 11.6 Å². The molecule has 0 amide bonds. The standard InChI is InChI=1S/C14H12ClN3O/c1-9-8-16-18-13(15)7-11(17-14(9)18)10-5-3-4-6-12(10)19-2/h3-8H,1-2H3. The highest BCUT2D eigenvalue weighted by atomic mass is 35.5. The molecule has 0 saturated carbocycles. The normalized spacial score (nSPS) is 10.9. The third-order valence-corrected chi connectivity index (χ3v) is 3.26. The molecule has 3 rings (SSSR count). The molecule has 1 aromatic carbocycles. The van der Waals surface area contributed by atoms with Crippen molar-refractivity contribution >= 4 is 17.2 Å². The first-order valence-corrected chi connectivity index (χ1v) is 6.23. The van der Waals surface area contributed by atoms with Gasteiger partial charge in [-0.1, -0.05) is 23.7 Å². The number of ether oxygens (including phenoxy) is 1. The Morgan fingerprint density at radius 1 is 1.26 bits per heavy atom. The lowest BCUT2D eigenvalue weighted by Crippen LogP contribution is -1.96. The first kappa shape index (κ1) is 12.0. The quantitative estimate of drug-likeness (QED) is 0.672. The van der Waals surface area contributed by atoms with Crippen LogP contribution in [0.3, 0.4) is 0 Å². The van der Waals surface area contributed by atoms with E-state index in [-0.39, 0.29) is 0 Å². The second-order valence-corrected chi connectivity index (χ2v) is 4.61. The molecule has 0 aliphatic rings. The van der Waals surface area contributed by atoms with Gasteiger partial charge >= 0.3 is 0 Å². The molecule has 0 aliphatic heterocycles. The van der Waals surface area contributed by atoms with Crippen LogP contribution in [0, 0.1) is 6.92 Å². The van der Waals surface area contributed by atoms with Crippen LogP contribution in [0.5, 0.6) is 5.75 Å². The number of para-hydroxylation sites is 1. The number of aryl methyl sites for hydroxylation is 1. The van der Waals surface area contributed by atoms with Crippen LogP contribution in [0.25, 0.3) is 16.9 Å². The summed E-state index contributed by atoms with van der Waals surface area (Å²) in [6.07, 6.45) is 1.75. The van der Waals surface area contributed by atoms with Gasteiger partial charge in [-0.3, -0.25) is 0 Å². The first-order chi connectivity index (χ1) is 9.20. The maximum Gasteiger partial charge on any atom is 0.160 e. The van der Waals surface area contributed by atoms with Crippen molar-refractivity contribution in [3.63, 3.8) is 0 Å². The zero-order valence-corrected chi connectivity index (χ0v) is 11.3. The topological polar surface area (TPSA) is 39.4 Å². The Bertz CT molecular complexity index is 752. The summed E-state index contributed by atoms with van der Waals surface area (Å²) in [6.45, 7) is 1.96. The summed E-state index contributed by atoms with van der Waals surface area (Å²) in [4.78, 5) is 4.61. The number of methoxy groups -OCH3 is 1. The van der Waals surface area contributed by atoms with E-state index in [9.17, 15) is 0 Å². The minimum absolute atomic E-state index is 0.527. The highest BCUT2D eigenvalue weighted by molar-refractivity contribution is 6.30. The van der Waals surface area contributed by atoms with Crippen LogP contribution in [0.1, 0.15) is 5.56 Å². The summed E-state index contributed by atoms with van der Waals surface area (Å²) in [7, 11) is 1.64. The van der Waals surface area contributed by atoms with E-state index in [4.69, 9.17) is 16.3 Å². The Labute approximate surface area is 115 Å². The highest BCUT2D eigenvalue weighted by Crippen LogP contribution is 2.30. The summed E-state index contributed by atoms with van der Waals surface area (Å²) in [5, 5.41) is 4.71. The van der Waals surface area contributed by atoms with E-state index in [0.717, 1.165) is 28.2 Å². The zero-order chi connectivity index (χ0) is 13.4. The van der Waals surface area contributed by atoms with Crippen molar-refractivity contribution in [1.29, 1.82) is 0 Å². The van der Waals surface area contributed by atoms with E-state index in [1.165, 1.54) is 0 Å². The summed E-state index contributed by atoms with van der Waals surface area (Å²) in [6, 6.07) is 9.52. The van der Waals surface area contributed by atoms with Crippen molar-refractivity contribution < 1.29 is 4.74 Å². The predicted octanol–water partition coefficient (Wildman–Crippen LogP) is 3.37. The molecular formula is C14H12ClN3O. The summed E-state index contributed by atoms with van der Waals surface area (Å²) >= 11 is 6.24. The second kappa shape index (κ2) is 4.55. The van der Waals surface area contributed by atoms with E-state index in [2.05, 4.69) is 10.1 Å². The van der Waals surface area contributed by atoms with E-state index < -0.39 is 0 Å². The summed E-state index contributed by atoms with van der Waals surface area (Å²) < 4.78 is 6.98. The van der Waals surface area contributed by atoms with Crippen molar-refractivity contribution in [2.75, 3.05) is 7.11 Å². The molecule has 5 heteroatoms. The first-order valence-electron chi connectivity index (χ1n) is 5.85. The molecule has 0 saturated heterocycles. The highest BCUT2D eigenvalue weighted by Gasteiger charge is 2.12. The van der Waals surface area contributed by atoms with Crippen LogP contribution in [0.2, 0.25) is 5.15 Å². The zero-order valence-electron chi connectivity index (χ0n) is 10.6. The van der Waals surface area contributed by atoms with Crippen molar-refractivity contribution in [2.45, 2.75) is 6.92 Å². The molecule has 0 fully saturated rings. The van der Waals surface area contributed by atoms with Gasteiger partial charge in [-0.2, -0.15) is 5.10 Å². The Balaban J connectivity index is 2.28. The van der Waals surface area contributed by atoms with E-state index in [1.54, 1.807) is 23.9 Å². The summed E-state index contributed by atoms with van der Waals surface area (Å²) in [5.41, 5.74) is 3.43. The molecule has 0 N–H and O–H groups in total. The fourth-order valence-electron chi connectivity index (χ4n) is 2.03. The number of hydrogen-bond acceptors (Lipinski definition) is 3. The Morgan fingerprint density at radius 2 is 2.05 bits per heavy atom. The Hall–Kier alpha value is -2.07. The number of nitrogens with zero attached hydrogens (tertiary/aromatic N) is 3. The number of halogens is 1. The van der Waals surface area contributed by atoms with Crippen molar-refractivity contribution in [3.05, 3.63) is 47.2 Å². The lowest BCUT2D eigenvalue weighted by Gasteiger charge is -2.08. The Kier molecular flexibility index (Phi) is 2.87. The fourth-order valence-corrected chi connectivity index (χ4v) is 2.26. The molecule has 2 aromatic heterocycles. The summed E-state index contributed by atoms with van der Waals surface area (Å²) in [5.74, 6) is 0.771. The molecular weight excluding hydrogens is 262 g/mol. The van der Waals surface area contributed by atoms with Gasteiger partial charge in [0.2, 0.25) is 0 Å². The van der Waals surface area contributed by atoms with Gasteiger partial charge in [-0.05, 0) is 19.1 Å². The molecule has 2 heterocycles.